The van der Waals surface area contributed by atoms with Gasteiger partial charge >= 0.3 is 0 Å². The van der Waals surface area contributed by atoms with Crippen molar-refractivity contribution in [3.63, 3.8) is 0 Å². The molecule has 1 aliphatic carbocycles. The predicted octanol–water partition coefficient (Wildman–Crippen LogP) is 2.78. The molecule has 0 spiro atoms. The minimum Gasteiger partial charge on any atom is -0.391 e. The highest BCUT2D eigenvalue weighted by molar-refractivity contribution is 5.40. The number of hydrogen-bond donors (Lipinski definition) is 2. The highest BCUT2D eigenvalue weighted by atomic mass is 16.3. The lowest BCUT2D eigenvalue weighted by molar-refractivity contribution is 0.132. The quantitative estimate of drug-likeness (QED) is 0.861. The third-order valence-electron chi connectivity index (χ3n) is 3.29. The van der Waals surface area contributed by atoms with Crippen molar-refractivity contribution < 1.29 is 5.11 Å². The number of hydrogen-bond acceptors (Lipinski definition) is 3. The molecule has 3 heteroatoms. The summed E-state index contributed by atoms with van der Waals surface area (Å²) in [7, 11) is 0. The van der Waals surface area contributed by atoms with Gasteiger partial charge < -0.3 is 10.4 Å². The van der Waals surface area contributed by atoms with Crippen LogP contribution in [0.5, 0.6) is 0 Å². The van der Waals surface area contributed by atoms with Crippen LogP contribution in [0.4, 0.5) is 5.82 Å². The second-order valence-corrected chi connectivity index (χ2v) is 6.46. The molecule has 2 rings (SSSR count). The number of aryl methyl sites for hydroxylation is 2. The van der Waals surface area contributed by atoms with Gasteiger partial charge in [0.05, 0.1) is 6.10 Å². The van der Waals surface area contributed by atoms with Gasteiger partial charge in [0.1, 0.15) is 5.82 Å². The Morgan fingerprint density at radius 2 is 2.11 bits per heavy atom. The number of nitrogens with zero attached hydrogens (tertiary/aromatic N) is 1. The van der Waals surface area contributed by atoms with E-state index in [2.05, 4.69) is 37.1 Å². The Balaban J connectivity index is 1.87. The first kappa shape index (κ1) is 13.3. The average Bonchev–Trinajstić information content (AvgIpc) is 2.71. The van der Waals surface area contributed by atoms with Gasteiger partial charge in [-0.15, -0.1) is 0 Å². The number of anilines is 1. The molecule has 1 unspecified atom stereocenters. The lowest BCUT2D eigenvalue weighted by Crippen LogP contribution is -2.25. The lowest BCUT2D eigenvalue weighted by atomic mass is 9.89. The molecule has 1 heterocycles. The maximum absolute atomic E-state index is 9.95. The molecule has 0 bridgehead atoms. The molecular weight excluding hydrogens is 224 g/mol. The third kappa shape index (κ3) is 3.70. The van der Waals surface area contributed by atoms with Crippen LogP contribution in [0.25, 0.3) is 0 Å². The predicted molar refractivity (Wildman–Crippen MR) is 74.8 cm³/mol. The fraction of sp³-hybridized carbons (Fsp3) is 0.667. The van der Waals surface area contributed by atoms with Gasteiger partial charge in [-0.05, 0) is 42.7 Å². The summed E-state index contributed by atoms with van der Waals surface area (Å²) in [6.45, 7) is 7.00. The van der Waals surface area contributed by atoms with E-state index in [1.165, 1.54) is 17.7 Å². The molecule has 3 nitrogen and oxygen atoms in total. The smallest absolute Gasteiger partial charge is 0.126 e. The highest BCUT2D eigenvalue weighted by Crippen LogP contribution is 2.23. The minimum atomic E-state index is -0.319. The van der Waals surface area contributed by atoms with Gasteiger partial charge in [0.2, 0.25) is 0 Å². The molecule has 0 aromatic carbocycles. The van der Waals surface area contributed by atoms with Crippen molar-refractivity contribution in [3.8, 4) is 0 Å². The third-order valence-corrected chi connectivity index (χ3v) is 3.29. The second kappa shape index (κ2) is 5.27. The number of rotatable bonds is 4. The number of aromatic nitrogens is 1. The van der Waals surface area contributed by atoms with Gasteiger partial charge in [0, 0.05) is 12.2 Å². The molecule has 100 valence electrons. The molecule has 1 aromatic heterocycles. The van der Waals surface area contributed by atoms with Crippen LogP contribution in [-0.2, 0) is 12.8 Å². The molecule has 0 saturated heterocycles. The first-order chi connectivity index (χ1) is 8.44. The Hall–Kier alpha value is -1.09. The van der Waals surface area contributed by atoms with Crippen LogP contribution in [0.2, 0.25) is 0 Å². The maximum Gasteiger partial charge on any atom is 0.126 e. The normalized spacial score (nSPS) is 16.4. The zero-order valence-electron chi connectivity index (χ0n) is 11.7. The van der Waals surface area contributed by atoms with Crippen molar-refractivity contribution in [1.82, 2.24) is 4.98 Å². The topological polar surface area (TPSA) is 45.1 Å². The van der Waals surface area contributed by atoms with Gasteiger partial charge in [0.25, 0.3) is 0 Å². The maximum atomic E-state index is 9.95. The standard InChI is InChI=1S/C15H24N2O/c1-15(2,3)9-12(18)10-16-14-8-7-11-5-4-6-13(11)17-14/h7-8,12,18H,4-6,9-10H2,1-3H3,(H,16,17). The van der Waals surface area contributed by atoms with Crippen LogP contribution >= 0.6 is 0 Å². The van der Waals surface area contributed by atoms with Crippen molar-refractivity contribution >= 4 is 5.82 Å². The molecule has 0 fully saturated rings. The van der Waals surface area contributed by atoms with Crippen molar-refractivity contribution in [3.05, 3.63) is 23.4 Å². The fourth-order valence-electron chi connectivity index (χ4n) is 2.52. The zero-order valence-corrected chi connectivity index (χ0v) is 11.7. The van der Waals surface area contributed by atoms with Crippen LogP contribution < -0.4 is 5.32 Å². The summed E-state index contributed by atoms with van der Waals surface area (Å²) >= 11 is 0. The van der Waals surface area contributed by atoms with Crippen LogP contribution in [-0.4, -0.2) is 22.7 Å². The molecule has 1 aliphatic rings. The van der Waals surface area contributed by atoms with E-state index in [0.717, 1.165) is 25.1 Å². The Morgan fingerprint density at radius 1 is 1.33 bits per heavy atom. The fourth-order valence-corrected chi connectivity index (χ4v) is 2.52. The SMILES string of the molecule is CC(C)(C)CC(O)CNc1ccc2c(n1)CCC2. The van der Waals surface area contributed by atoms with Crippen LogP contribution in [0.1, 0.15) is 44.9 Å². The summed E-state index contributed by atoms with van der Waals surface area (Å²) in [5.41, 5.74) is 2.77. The van der Waals surface area contributed by atoms with E-state index >= 15 is 0 Å². The van der Waals surface area contributed by atoms with Crippen molar-refractivity contribution in [2.24, 2.45) is 5.41 Å². The number of pyridine rings is 1. The molecule has 1 atom stereocenters. The summed E-state index contributed by atoms with van der Waals surface area (Å²) in [4.78, 5) is 4.60. The van der Waals surface area contributed by atoms with Crippen LogP contribution in [0.3, 0.4) is 0 Å². The summed E-state index contributed by atoms with van der Waals surface area (Å²) < 4.78 is 0. The zero-order chi connectivity index (χ0) is 13.2. The van der Waals surface area contributed by atoms with E-state index in [4.69, 9.17) is 0 Å². The molecule has 0 amide bonds. The summed E-state index contributed by atoms with van der Waals surface area (Å²) in [6.07, 6.45) is 3.95. The minimum absolute atomic E-state index is 0.159. The Bertz CT molecular complexity index is 409. The molecule has 2 N–H and O–H groups in total. The number of aliphatic hydroxyl groups is 1. The first-order valence-corrected chi connectivity index (χ1v) is 6.85. The summed E-state index contributed by atoms with van der Waals surface area (Å²) in [5, 5.41) is 13.2. The van der Waals surface area contributed by atoms with E-state index in [1.54, 1.807) is 0 Å². The van der Waals surface area contributed by atoms with Gasteiger partial charge in [-0.2, -0.15) is 0 Å². The monoisotopic (exact) mass is 248 g/mol. The van der Waals surface area contributed by atoms with Crippen molar-refractivity contribution in [1.29, 1.82) is 0 Å². The number of nitrogens with one attached hydrogen (secondary N) is 1. The van der Waals surface area contributed by atoms with Crippen molar-refractivity contribution in [2.45, 2.75) is 52.6 Å². The van der Waals surface area contributed by atoms with Gasteiger partial charge in [-0.25, -0.2) is 4.98 Å². The van der Waals surface area contributed by atoms with E-state index in [0.29, 0.717) is 6.54 Å². The largest absolute Gasteiger partial charge is 0.391 e. The summed E-state index contributed by atoms with van der Waals surface area (Å²) in [5.74, 6) is 0.892. The Kier molecular flexibility index (Phi) is 3.91. The Labute approximate surface area is 110 Å². The van der Waals surface area contributed by atoms with E-state index < -0.39 is 0 Å². The highest BCUT2D eigenvalue weighted by Gasteiger charge is 2.17. The van der Waals surface area contributed by atoms with Gasteiger partial charge in [-0.3, -0.25) is 0 Å². The van der Waals surface area contributed by atoms with Crippen LogP contribution in [0, 0.1) is 5.41 Å². The second-order valence-electron chi connectivity index (χ2n) is 6.46. The lowest BCUT2D eigenvalue weighted by Gasteiger charge is -2.22. The summed E-state index contributed by atoms with van der Waals surface area (Å²) in [6, 6.07) is 4.18. The molecule has 0 saturated carbocycles. The van der Waals surface area contributed by atoms with E-state index in [-0.39, 0.29) is 11.5 Å². The van der Waals surface area contributed by atoms with Gasteiger partial charge in [-0.1, -0.05) is 26.8 Å². The van der Waals surface area contributed by atoms with Gasteiger partial charge in [0.15, 0.2) is 0 Å². The molecular formula is C15H24N2O. The molecule has 1 aromatic rings. The first-order valence-electron chi connectivity index (χ1n) is 6.85. The molecule has 18 heavy (non-hydrogen) atoms. The van der Waals surface area contributed by atoms with Crippen molar-refractivity contribution in [2.75, 3.05) is 11.9 Å². The van der Waals surface area contributed by atoms with E-state index in [9.17, 15) is 5.11 Å². The molecule has 0 aliphatic heterocycles. The molecule has 0 radical (unpaired) electrons. The number of aliphatic hydroxyl groups excluding tert-OH is 1. The van der Waals surface area contributed by atoms with Crippen LogP contribution in [0.15, 0.2) is 12.1 Å². The van der Waals surface area contributed by atoms with E-state index in [1.807, 2.05) is 6.07 Å². The Morgan fingerprint density at radius 3 is 2.83 bits per heavy atom. The average molecular weight is 248 g/mol. The number of fused-ring (bicyclic) bond motifs is 1.